The highest BCUT2D eigenvalue weighted by Gasteiger charge is 2.27. The summed E-state index contributed by atoms with van der Waals surface area (Å²) in [5, 5.41) is 3.30. The topological polar surface area (TPSA) is 35.6 Å². The van der Waals surface area contributed by atoms with Gasteiger partial charge in [-0.25, -0.2) is 0 Å². The zero-order valence-corrected chi connectivity index (χ0v) is 12.1. The van der Waals surface area contributed by atoms with Gasteiger partial charge in [-0.3, -0.25) is 9.69 Å². The zero-order valence-electron chi connectivity index (χ0n) is 12.1. The van der Waals surface area contributed by atoms with Crippen LogP contribution in [-0.4, -0.2) is 50.1 Å². The van der Waals surface area contributed by atoms with Crippen molar-refractivity contribution in [1.29, 1.82) is 0 Å². The van der Waals surface area contributed by atoms with E-state index in [1.807, 2.05) is 18.0 Å². The van der Waals surface area contributed by atoms with Crippen molar-refractivity contribution in [2.24, 2.45) is 0 Å². The molecule has 1 atom stereocenters. The Hall–Kier alpha value is -1.39. The largest absolute Gasteiger partial charge is 0.316 e. The highest BCUT2D eigenvalue weighted by atomic mass is 16.2. The van der Waals surface area contributed by atoms with Crippen LogP contribution in [0.2, 0.25) is 0 Å². The highest BCUT2D eigenvalue weighted by molar-refractivity contribution is 5.95. The van der Waals surface area contributed by atoms with Gasteiger partial charge in [-0.15, -0.1) is 0 Å². The van der Waals surface area contributed by atoms with Gasteiger partial charge in [0.15, 0.2) is 0 Å². The number of aryl methyl sites for hydroxylation is 1. The summed E-state index contributed by atoms with van der Waals surface area (Å²) < 4.78 is 0. The van der Waals surface area contributed by atoms with Gasteiger partial charge in [0.2, 0.25) is 5.91 Å². The molecule has 3 rings (SSSR count). The molecule has 0 radical (unpaired) electrons. The van der Waals surface area contributed by atoms with Crippen LogP contribution in [0.3, 0.4) is 0 Å². The SMILES string of the molecule is CNC1CCN(CC(=O)N2CCCc3ccccc32)C1. The first-order valence-electron chi connectivity index (χ1n) is 7.56. The summed E-state index contributed by atoms with van der Waals surface area (Å²) in [4.78, 5) is 16.8. The highest BCUT2D eigenvalue weighted by Crippen LogP contribution is 2.27. The Labute approximate surface area is 120 Å². The summed E-state index contributed by atoms with van der Waals surface area (Å²) in [5.41, 5.74) is 2.43. The Morgan fingerprint density at radius 3 is 3.00 bits per heavy atom. The number of likely N-dealkylation sites (tertiary alicyclic amines) is 1. The van der Waals surface area contributed by atoms with E-state index >= 15 is 0 Å². The first kappa shape index (κ1) is 13.6. The minimum Gasteiger partial charge on any atom is -0.316 e. The molecule has 20 heavy (non-hydrogen) atoms. The summed E-state index contributed by atoms with van der Waals surface area (Å²) in [6.45, 7) is 3.41. The first-order chi connectivity index (χ1) is 9.78. The normalized spacial score (nSPS) is 22.9. The van der Waals surface area contributed by atoms with Crippen LogP contribution in [0.4, 0.5) is 5.69 Å². The molecule has 0 bridgehead atoms. The minimum absolute atomic E-state index is 0.244. The number of hydrogen-bond donors (Lipinski definition) is 1. The van der Waals surface area contributed by atoms with Gasteiger partial charge in [-0.1, -0.05) is 18.2 Å². The van der Waals surface area contributed by atoms with E-state index in [0.29, 0.717) is 12.6 Å². The maximum absolute atomic E-state index is 12.6. The van der Waals surface area contributed by atoms with Crippen LogP contribution in [0.25, 0.3) is 0 Å². The number of nitrogens with zero attached hydrogens (tertiary/aromatic N) is 2. The molecule has 108 valence electrons. The molecule has 2 aliphatic rings. The van der Waals surface area contributed by atoms with E-state index in [9.17, 15) is 4.79 Å². The second-order valence-electron chi connectivity index (χ2n) is 5.79. The number of carbonyl (C=O) groups excluding carboxylic acids is 1. The number of amides is 1. The van der Waals surface area contributed by atoms with E-state index in [4.69, 9.17) is 0 Å². The summed E-state index contributed by atoms with van der Waals surface area (Å²) in [6, 6.07) is 8.84. The Kier molecular flexibility index (Phi) is 4.03. The van der Waals surface area contributed by atoms with Crippen LogP contribution >= 0.6 is 0 Å². The van der Waals surface area contributed by atoms with Gasteiger partial charge in [-0.05, 0) is 37.9 Å². The van der Waals surface area contributed by atoms with E-state index in [-0.39, 0.29) is 5.91 Å². The lowest BCUT2D eigenvalue weighted by molar-refractivity contribution is -0.119. The molecular formula is C16H23N3O. The van der Waals surface area contributed by atoms with Crippen LogP contribution in [0, 0.1) is 0 Å². The van der Waals surface area contributed by atoms with Gasteiger partial charge in [0.1, 0.15) is 0 Å². The third-order valence-corrected chi connectivity index (χ3v) is 4.45. The van der Waals surface area contributed by atoms with Crippen molar-refractivity contribution in [2.45, 2.75) is 25.3 Å². The minimum atomic E-state index is 0.244. The fraction of sp³-hybridized carbons (Fsp3) is 0.562. The van der Waals surface area contributed by atoms with E-state index in [1.165, 1.54) is 5.56 Å². The third kappa shape index (κ3) is 2.72. The number of nitrogens with one attached hydrogen (secondary N) is 1. The van der Waals surface area contributed by atoms with E-state index in [1.54, 1.807) is 0 Å². The van der Waals surface area contributed by atoms with Crippen molar-refractivity contribution in [3.63, 3.8) is 0 Å². The standard InChI is InChI=1S/C16H23N3O/c1-17-14-8-10-18(11-14)12-16(20)19-9-4-6-13-5-2-3-7-15(13)19/h2-3,5,7,14,17H,4,6,8-12H2,1H3. The van der Waals surface area contributed by atoms with Crippen molar-refractivity contribution in [3.8, 4) is 0 Å². The average molecular weight is 273 g/mol. The number of fused-ring (bicyclic) bond motifs is 1. The van der Waals surface area contributed by atoms with Gasteiger partial charge in [0, 0.05) is 31.4 Å². The second-order valence-corrected chi connectivity index (χ2v) is 5.79. The van der Waals surface area contributed by atoms with Crippen LogP contribution < -0.4 is 10.2 Å². The fourth-order valence-corrected chi connectivity index (χ4v) is 3.28. The Balaban J connectivity index is 1.67. The predicted molar refractivity (Wildman–Crippen MR) is 81.0 cm³/mol. The number of hydrogen-bond acceptors (Lipinski definition) is 3. The quantitative estimate of drug-likeness (QED) is 0.900. The molecule has 1 aromatic carbocycles. The Morgan fingerprint density at radius 1 is 1.35 bits per heavy atom. The number of anilines is 1. The van der Waals surface area contributed by atoms with Gasteiger partial charge < -0.3 is 10.2 Å². The van der Waals surface area contributed by atoms with Crippen LogP contribution in [-0.2, 0) is 11.2 Å². The van der Waals surface area contributed by atoms with Gasteiger partial charge in [-0.2, -0.15) is 0 Å². The van der Waals surface area contributed by atoms with Crippen molar-refractivity contribution in [1.82, 2.24) is 10.2 Å². The molecule has 0 aromatic heterocycles. The Morgan fingerprint density at radius 2 is 2.20 bits per heavy atom. The molecule has 1 fully saturated rings. The van der Waals surface area contributed by atoms with Crippen molar-refractivity contribution >= 4 is 11.6 Å². The van der Waals surface area contributed by atoms with Crippen molar-refractivity contribution < 1.29 is 4.79 Å². The van der Waals surface area contributed by atoms with Gasteiger partial charge >= 0.3 is 0 Å². The third-order valence-electron chi connectivity index (χ3n) is 4.45. The molecular weight excluding hydrogens is 250 g/mol. The molecule has 1 aromatic rings. The van der Waals surface area contributed by atoms with Gasteiger partial charge in [0.05, 0.1) is 6.54 Å². The van der Waals surface area contributed by atoms with Gasteiger partial charge in [0.25, 0.3) is 0 Å². The molecule has 0 saturated carbocycles. The lowest BCUT2D eigenvalue weighted by Gasteiger charge is -2.31. The molecule has 0 aliphatic carbocycles. The lowest BCUT2D eigenvalue weighted by Crippen LogP contribution is -2.42. The molecule has 4 nitrogen and oxygen atoms in total. The number of benzene rings is 1. The summed E-state index contributed by atoms with van der Waals surface area (Å²) in [6.07, 6.45) is 3.30. The first-order valence-corrected chi connectivity index (χ1v) is 7.56. The maximum Gasteiger partial charge on any atom is 0.241 e. The van der Waals surface area contributed by atoms with Crippen LogP contribution in [0.1, 0.15) is 18.4 Å². The molecule has 1 saturated heterocycles. The molecule has 0 spiro atoms. The predicted octanol–water partition coefficient (Wildman–Crippen LogP) is 1.26. The number of carbonyl (C=O) groups is 1. The Bertz CT molecular complexity index is 488. The van der Waals surface area contributed by atoms with Crippen LogP contribution in [0.5, 0.6) is 0 Å². The zero-order chi connectivity index (χ0) is 13.9. The number of rotatable bonds is 3. The summed E-state index contributed by atoms with van der Waals surface area (Å²) in [5.74, 6) is 0.244. The second kappa shape index (κ2) is 5.94. The molecule has 2 heterocycles. The monoisotopic (exact) mass is 273 g/mol. The fourth-order valence-electron chi connectivity index (χ4n) is 3.28. The molecule has 1 N–H and O–H groups in total. The number of para-hydroxylation sites is 1. The number of likely N-dealkylation sites (N-methyl/N-ethyl adjacent to an activating group) is 1. The van der Waals surface area contributed by atoms with Crippen molar-refractivity contribution in [2.75, 3.05) is 38.1 Å². The lowest BCUT2D eigenvalue weighted by atomic mass is 10.0. The van der Waals surface area contributed by atoms with E-state index in [2.05, 4.69) is 28.4 Å². The molecule has 2 aliphatic heterocycles. The van der Waals surface area contributed by atoms with E-state index < -0.39 is 0 Å². The van der Waals surface area contributed by atoms with E-state index in [0.717, 1.165) is 44.6 Å². The summed E-state index contributed by atoms with van der Waals surface area (Å²) >= 11 is 0. The smallest absolute Gasteiger partial charge is 0.241 e. The maximum atomic E-state index is 12.6. The molecule has 1 amide bonds. The van der Waals surface area contributed by atoms with Crippen LogP contribution in [0.15, 0.2) is 24.3 Å². The molecule has 1 unspecified atom stereocenters. The molecule has 4 heteroatoms. The average Bonchev–Trinajstić information content (AvgIpc) is 2.94. The van der Waals surface area contributed by atoms with Crippen molar-refractivity contribution in [3.05, 3.63) is 29.8 Å². The summed E-state index contributed by atoms with van der Waals surface area (Å²) in [7, 11) is 2.00.